The molecular weight excluding hydrogens is 174 g/mol. The Morgan fingerprint density at radius 1 is 1.21 bits per heavy atom. The Kier molecular flexibility index (Phi) is 5.17. The number of hydrogen-bond acceptors (Lipinski definition) is 1. The molecule has 0 unspecified atom stereocenters. The maximum absolute atomic E-state index is 10.8. The van der Waals surface area contributed by atoms with Crippen LogP contribution in [0, 0.1) is 17.3 Å². The third-order valence-electron chi connectivity index (χ3n) is 3.79. The van der Waals surface area contributed by atoms with Gasteiger partial charge < -0.3 is 5.73 Å². The lowest BCUT2D eigenvalue weighted by molar-refractivity contribution is -0.119. The Bertz CT molecular complexity index is 177. The van der Waals surface area contributed by atoms with E-state index in [9.17, 15) is 4.79 Å². The van der Waals surface area contributed by atoms with Gasteiger partial charge in [-0.2, -0.15) is 0 Å². The highest BCUT2D eigenvalue weighted by atomic mass is 16.1. The van der Waals surface area contributed by atoms with Crippen molar-refractivity contribution in [2.45, 2.75) is 53.9 Å². The van der Waals surface area contributed by atoms with Crippen LogP contribution in [-0.4, -0.2) is 5.91 Å². The van der Waals surface area contributed by atoms with Crippen LogP contribution in [0.15, 0.2) is 0 Å². The SMILES string of the molecule is CCC(CCC(N)=O)(C(C)C)C(C)C. The van der Waals surface area contributed by atoms with Crippen LogP contribution in [0.2, 0.25) is 0 Å². The van der Waals surface area contributed by atoms with E-state index in [-0.39, 0.29) is 11.3 Å². The predicted molar refractivity (Wildman–Crippen MR) is 60.8 cm³/mol. The van der Waals surface area contributed by atoms with Crippen LogP contribution in [0.3, 0.4) is 0 Å². The van der Waals surface area contributed by atoms with Gasteiger partial charge in [-0.3, -0.25) is 4.79 Å². The Hall–Kier alpha value is -0.530. The normalized spacial score (nSPS) is 12.5. The summed E-state index contributed by atoms with van der Waals surface area (Å²) in [7, 11) is 0. The van der Waals surface area contributed by atoms with E-state index >= 15 is 0 Å². The van der Waals surface area contributed by atoms with Gasteiger partial charge in [0.2, 0.25) is 5.91 Å². The van der Waals surface area contributed by atoms with Gasteiger partial charge in [-0.1, -0.05) is 34.6 Å². The molecule has 0 bridgehead atoms. The van der Waals surface area contributed by atoms with Gasteiger partial charge in [0.1, 0.15) is 0 Å². The second-order valence-electron chi connectivity index (χ2n) is 4.86. The molecule has 0 aromatic heterocycles. The van der Waals surface area contributed by atoms with Crippen molar-refractivity contribution in [2.75, 3.05) is 0 Å². The van der Waals surface area contributed by atoms with Gasteiger partial charge in [-0.25, -0.2) is 0 Å². The third-order valence-corrected chi connectivity index (χ3v) is 3.79. The van der Waals surface area contributed by atoms with Crippen molar-refractivity contribution in [3.63, 3.8) is 0 Å². The van der Waals surface area contributed by atoms with Crippen LogP contribution in [-0.2, 0) is 4.79 Å². The number of amides is 1. The second kappa shape index (κ2) is 5.38. The fourth-order valence-electron chi connectivity index (χ4n) is 2.59. The molecule has 0 atom stereocenters. The van der Waals surface area contributed by atoms with Crippen molar-refractivity contribution < 1.29 is 4.79 Å². The highest BCUT2D eigenvalue weighted by molar-refractivity contribution is 5.73. The number of nitrogens with two attached hydrogens (primary N) is 1. The van der Waals surface area contributed by atoms with Crippen LogP contribution in [0.5, 0.6) is 0 Å². The van der Waals surface area contributed by atoms with Crippen molar-refractivity contribution in [2.24, 2.45) is 23.0 Å². The molecule has 0 aliphatic heterocycles. The van der Waals surface area contributed by atoms with Crippen molar-refractivity contribution in [1.29, 1.82) is 0 Å². The number of primary amides is 1. The van der Waals surface area contributed by atoms with E-state index in [0.29, 0.717) is 18.3 Å². The molecule has 0 saturated heterocycles. The molecule has 0 fully saturated rings. The smallest absolute Gasteiger partial charge is 0.217 e. The summed E-state index contributed by atoms with van der Waals surface area (Å²) in [6, 6.07) is 0. The van der Waals surface area contributed by atoms with Gasteiger partial charge >= 0.3 is 0 Å². The molecule has 1 amide bonds. The lowest BCUT2D eigenvalue weighted by Crippen LogP contribution is -2.33. The number of rotatable bonds is 6. The van der Waals surface area contributed by atoms with E-state index in [0.717, 1.165) is 12.8 Å². The van der Waals surface area contributed by atoms with Crippen LogP contribution >= 0.6 is 0 Å². The maximum atomic E-state index is 10.8. The standard InChI is InChI=1S/C12H25NO/c1-6-12(9(2)3,10(4)5)8-7-11(13)14/h9-10H,6-8H2,1-5H3,(H2,13,14). The number of carbonyl (C=O) groups is 1. The van der Waals surface area contributed by atoms with Crippen molar-refractivity contribution >= 4 is 5.91 Å². The van der Waals surface area contributed by atoms with E-state index in [4.69, 9.17) is 5.73 Å². The molecule has 84 valence electrons. The zero-order chi connectivity index (χ0) is 11.4. The average molecular weight is 199 g/mol. The quantitative estimate of drug-likeness (QED) is 0.702. The van der Waals surface area contributed by atoms with E-state index < -0.39 is 0 Å². The minimum atomic E-state index is -0.177. The number of carbonyl (C=O) groups excluding carboxylic acids is 1. The molecule has 0 aliphatic rings. The summed E-state index contributed by atoms with van der Waals surface area (Å²) in [4.78, 5) is 10.8. The average Bonchev–Trinajstić information content (AvgIpc) is 2.04. The fraction of sp³-hybridized carbons (Fsp3) is 0.917. The highest BCUT2D eigenvalue weighted by Crippen LogP contribution is 2.43. The fourth-order valence-corrected chi connectivity index (χ4v) is 2.59. The third kappa shape index (κ3) is 3.00. The molecular formula is C12H25NO. The minimum absolute atomic E-state index is 0.177. The predicted octanol–water partition coefficient (Wildman–Crippen LogP) is 2.96. The molecule has 0 rings (SSSR count). The van der Waals surface area contributed by atoms with E-state index in [1.807, 2.05) is 0 Å². The first kappa shape index (κ1) is 13.5. The van der Waals surface area contributed by atoms with E-state index in [2.05, 4.69) is 34.6 Å². The summed E-state index contributed by atoms with van der Waals surface area (Å²) in [6.07, 6.45) is 2.56. The Labute approximate surface area is 88.3 Å². The molecule has 0 heterocycles. The van der Waals surface area contributed by atoms with Gasteiger partial charge in [-0.05, 0) is 30.1 Å². The second-order valence-corrected chi connectivity index (χ2v) is 4.86. The van der Waals surface area contributed by atoms with Crippen molar-refractivity contribution in [3.05, 3.63) is 0 Å². The summed E-state index contributed by atoms with van der Waals surface area (Å²) >= 11 is 0. The zero-order valence-electron chi connectivity index (χ0n) is 10.3. The topological polar surface area (TPSA) is 43.1 Å². The van der Waals surface area contributed by atoms with Gasteiger partial charge in [-0.15, -0.1) is 0 Å². The van der Waals surface area contributed by atoms with Crippen LogP contribution in [0.25, 0.3) is 0 Å². The van der Waals surface area contributed by atoms with Gasteiger partial charge in [0.15, 0.2) is 0 Å². The zero-order valence-corrected chi connectivity index (χ0v) is 10.3. The lowest BCUT2D eigenvalue weighted by atomic mass is 9.64. The summed E-state index contributed by atoms with van der Waals surface area (Å²) in [5.41, 5.74) is 5.49. The van der Waals surface area contributed by atoms with Crippen LogP contribution in [0.4, 0.5) is 0 Å². The molecule has 14 heavy (non-hydrogen) atoms. The van der Waals surface area contributed by atoms with Crippen LogP contribution in [0.1, 0.15) is 53.9 Å². The monoisotopic (exact) mass is 199 g/mol. The Morgan fingerprint density at radius 3 is 1.86 bits per heavy atom. The largest absolute Gasteiger partial charge is 0.370 e. The van der Waals surface area contributed by atoms with Crippen LogP contribution < -0.4 is 5.73 Å². The Morgan fingerprint density at radius 2 is 1.64 bits per heavy atom. The molecule has 0 aromatic carbocycles. The lowest BCUT2D eigenvalue weighted by Gasteiger charge is -2.41. The van der Waals surface area contributed by atoms with E-state index in [1.54, 1.807) is 0 Å². The molecule has 0 aromatic rings. The minimum Gasteiger partial charge on any atom is -0.370 e. The highest BCUT2D eigenvalue weighted by Gasteiger charge is 2.34. The summed E-state index contributed by atoms with van der Waals surface area (Å²) in [5, 5.41) is 0. The molecule has 0 spiro atoms. The molecule has 2 N–H and O–H groups in total. The van der Waals surface area contributed by atoms with Gasteiger partial charge in [0.05, 0.1) is 0 Å². The molecule has 0 radical (unpaired) electrons. The van der Waals surface area contributed by atoms with Gasteiger partial charge in [0.25, 0.3) is 0 Å². The van der Waals surface area contributed by atoms with Gasteiger partial charge in [0, 0.05) is 6.42 Å². The van der Waals surface area contributed by atoms with E-state index in [1.165, 1.54) is 0 Å². The first-order valence-electron chi connectivity index (χ1n) is 5.65. The molecule has 0 aliphatic carbocycles. The molecule has 2 heteroatoms. The Balaban J connectivity index is 4.59. The summed E-state index contributed by atoms with van der Waals surface area (Å²) in [6.45, 7) is 11.2. The van der Waals surface area contributed by atoms with Crippen molar-refractivity contribution in [1.82, 2.24) is 0 Å². The first-order chi connectivity index (χ1) is 6.36. The first-order valence-corrected chi connectivity index (χ1v) is 5.65. The maximum Gasteiger partial charge on any atom is 0.217 e. The summed E-state index contributed by atoms with van der Waals surface area (Å²) < 4.78 is 0. The van der Waals surface area contributed by atoms with Crippen molar-refractivity contribution in [3.8, 4) is 0 Å². The summed E-state index contributed by atoms with van der Waals surface area (Å²) in [5.74, 6) is 1.03. The molecule has 0 saturated carbocycles. The molecule has 2 nitrogen and oxygen atoms in total. The number of hydrogen-bond donors (Lipinski definition) is 1.